The molecule has 0 unspecified atom stereocenters. The van der Waals surface area contributed by atoms with Crippen molar-refractivity contribution in [1.29, 1.82) is 0 Å². The number of thiophene rings is 1. The lowest BCUT2D eigenvalue weighted by Crippen LogP contribution is -2.04. The average Bonchev–Trinajstić information content (AvgIpc) is 2.81. The number of aliphatic hydroxyl groups excluding tert-OH is 1. The number of nitrogens with two attached hydrogens (primary N) is 1. The second-order valence-electron chi connectivity index (χ2n) is 4.33. The molecule has 19 heavy (non-hydrogen) atoms. The van der Waals surface area contributed by atoms with E-state index in [0.717, 1.165) is 29.3 Å². The molecule has 0 aliphatic carbocycles. The quantitative estimate of drug-likeness (QED) is 0.484. The van der Waals surface area contributed by atoms with Crippen molar-refractivity contribution in [3.8, 4) is 0 Å². The molecule has 0 spiro atoms. The predicted octanol–water partition coefficient (Wildman–Crippen LogP) is 2.80. The molecule has 0 atom stereocenters. The zero-order valence-electron chi connectivity index (χ0n) is 10.6. The largest absolute Gasteiger partial charge is 0.462 e. The maximum atomic E-state index is 11.8. The van der Waals surface area contributed by atoms with Crippen LogP contribution >= 0.6 is 11.3 Å². The van der Waals surface area contributed by atoms with Gasteiger partial charge in [-0.2, -0.15) is 0 Å². The number of fused-ring (bicyclic) bond motifs is 1. The molecule has 0 amide bonds. The number of rotatable bonds is 6. The third-order valence-electron chi connectivity index (χ3n) is 2.78. The molecule has 0 bridgehead atoms. The van der Waals surface area contributed by atoms with Crippen molar-refractivity contribution >= 4 is 33.1 Å². The first-order valence-corrected chi connectivity index (χ1v) is 7.09. The van der Waals surface area contributed by atoms with Crippen molar-refractivity contribution in [2.75, 3.05) is 18.9 Å². The maximum Gasteiger partial charge on any atom is 0.348 e. The van der Waals surface area contributed by atoms with Crippen LogP contribution in [0.3, 0.4) is 0 Å². The molecule has 0 saturated heterocycles. The fraction of sp³-hybridized carbons (Fsp3) is 0.357. The summed E-state index contributed by atoms with van der Waals surface area (Å²) in [6, 6.07) is 7.40. The number of aliphatic hydroxyl groups is 1. The van der Waals surface area contributed by atoms with Crippen LogP contribution in [0.5, 0.6) is 0 Å². The fourth-order valence-electron chi connectivity index (χ4n) is 1.79. The highest BCUT2D eigenvalue weighted by Gasteiger charge is 2.11. The third kappa shape index (κ3) is 3.68. The standard InChI is InChI=1S/C14H17NO3S/c15-11-4-5-12-10(8-11)9-13(19-12)14(17)18-7-3-1-2-6-16/h4-5,8-9,16H,1-3,6-7,15H2. The van der Waals surface area contributed by atoms with Crippen molar-refractivity contribution < 1.29 is 14.6 Å². The molecule has 1 aromatic heterocycles. The molecule has 0 aliphatic heterocycles. The van der Waals surface area contributed by atoms with Crippen LogP contribution in [0.15, 0.2) is 24.3 Å². The molecule has 1 aromatic carbocycles. The van der Waals surface area contributed by atoms with Gasteiger partial charge < -0.3 is 15.6 Å². The van der Waals surface area contributed by atoms with Gasteiger partial charge in [-0.25, -0.2) is 4.79 Å². The number of nitrogen functional groups attached to an aromatic ring is 1. The van der Waals surface area contributed by atoms with Gasteiger partial charge in [-0.15, -0.1) is 11.3 Å². The zero-order valence-corrected chi connectivity index (χ0v) is 11.4. The Balaban J connectivity index is 1.94. The summed E-state index contributed by atoms with van der Waals surface area (Å²) in [6.45, 7) is 0.584. The van der Waals surface area contributed by atoms with Crippen LogP contribution in [0.25, 0.3) is 10.1 Å². The maximum absolute atomic E-state index is 11.8. The van der Waals surface area contributed by atoms with Crippen LogP contribution in [0.1, 0.15) is 28.9 Å². The van der Waals surface area contributed by atoms with Crippen molar-refractivity contribution in [2.45, 2.75) is 19.3 Å². The first-order chi connectivity index (χ1) is 9.20. The minimum atomic E-state index is -0.288. The number of ether oxygens (including phenoxy) is 1. The van der Waals surface area contributed by atoms with Crippen molar-refractivity contribution in [2.24, 2.45) is 0 Å². The van der Waals surface area contributed by atoms with Gasteiger partial charge in [0.2, 0.25) is 0 Å². The highest BCUT2D eigenvalue weighted by atomic mass is 32.1. The second kappa shape index (κ2) is 6.54. The van der Waals surface area contributed by atoms with Gasteiger partial charge in [-0.05, 0) is 48.9 Å². The van der Waals surface area contributed by atoms with Gasteiger partial charge in [-0.3, -0.25) is 0 Å². The molecule has 0 aliphatic rings. The molecule has 3 N–H and O–H groups in total. The molecular formula is C14H17NO3S. The van der Waals surface area contributed by atoms with Crippen molar-refractivity contribution in [1.82, 2.24) is 0 Å². The molecule has 1 heterocycles. The number of benzene rings is 1. The highest BCUT2D eigenvalue weighted by molar-refractivity contribution is 7.20. The molecule has 2 rings (SSSR count). The summed E-state index contributed by atoms with van der Waals surface area (Å²) >= 11 is 1.41. The number of hydrogen-bond acceptors (Lipinski definition) is 5. The minimum absolute atomic E-state index is 0.186. The predicted molar refractivity (Wildman–Crippen MR) is 77.5 cm³/mol. The lowest BCUT2D eigenvalue weighted by molar-refractivity contribution is 0.0502. The molecule has 102 valence electrons. The Morgan fingerprint density at radius 2 is 2.11 bits per heavy atom. The number of carbonyl (C=O) groups is 1. The Labute approximate surface area is 115 Å². The van der Waals surface area contributed by atoms with Crippen LogP contribution < -0.4 is 5.73 Å². The van der Waals surface area contributed by atoms with E-state index in [1.54, 1.807) is 0 Å². The molecule has 5 heteroatoms. The van der Waals surface area contributed by atoms with Gasteiger partial charge in [0.25, 0.3) is 0 Å². The van der Waals surface area contributed by atoms with E-state index in [1.165, 1.54) is 11.3 Å². The van der Waals surface area contributed by atoms with E-state index >= 15 is 0 Å². The Bertz CT molecular complexity index is 565. The number of carbonyl (C=O) groups excluding carboxylic acids is 1. The van der Waals surface area contributed by atoms with Crippen LogP contribution in [0, 0.1) is 0 Å². The number of esters is 1. The first-order valence-electron chi connectivity index (χ1n) is 6.28. The van der Waals surface area contributed by atoms with Gasteiger partial charge in [0.05, 0.1) is 6.61 Å². The van der Waals surface area contributed by atoms with Gasteiger partial charge in [-0.1, -0.05) is 0 Å². The molecular weight excluding hydrogens is 262 g/mol. The molecule has 4 nitrogen and oxygen atoms in total. The Hall–Kier alpha value is -1.59. The van der Waals surface area contributed by atoms with E-state index in [4.69, 9.17) is 15.6 Å². The topological polar surface area (TPSA) is 72.6 Å². The van der Waals surface area contributed by atoms with Crippen molar-refractivity contribution in [3.63, 3.8) is 0 Å². The summed E-state index contributed by atoms with van der Waals surface area (Å²) < 4.78 is 6.22. The summed E-state index contributed by atoms with van der Waals surface area (Å²) in [4.78, 5) is 12.4. The monoisotopic (exact) mass is 279 g/mol. The molecule has 0 radical (unpaired) electrons. The Morgan fingerprint density at radius 1 is 1.26 bits per heavy atom. The molecule has 0 saturated carbocycles. The second-order valence-corrected chi connectivity index (χ2v) is 5.41. The summed E-state index contributed by atoms with van der Waals surface area (Å²) in [5.74, 6) is -0.288. The smallest absolute Gasteiger partial charge is 0.348 e. The van der Waals surface area contributed by atoms with E-state index in [9.17, 15) is 4.79 Å². The van der Waals surface area contributed by atoms with E-state index in [1.807, 2.05) is 24.3 Å². The van der Waals surface area contributed by atoms with Gasteiger partial charge in [0, 0.05) is 17.0 Å². The van der Waals surface area contributed by atoms with Gasteiger partial charge >= 0.3 is 5.97 Å². The number of hydrogen-bond donors (Lipinski definition) is 2. The summed E-state index contributed by atoms with van der Waals surface area (Å²) in [5, 5.41) is 9.61. The Kier molecular flexibility index (Phi) is 4.76. The Morgan fingerprint density at radius 3 is 2.89 bits per heavy atom. The minimum Gasteiger partial charge on any atom is -0.462 e. The van der Waals surface area contributed by atoms with Crippen molar-refractivity contribution in [3.05, 3.63) is 29.1 Å². The van der Waals surface area contributed by atoms with Gasteiger partial charge in [0.1, 0.15) is 4.88 Å². The highest BCUT2D eigenvalue weighted by Crippen LogP contribution is 2.27. The lowest BCUT2D eigenvalue weighted by Gasteiger charge is -2.02. The zero-order chi connectivity index (χ0) is 13.7. The summed E-state index contributed by atoms with van der Waals surface area (Å²) in [6.07, 6.45) is 2.40. The van der Waals surface area contributed by atoms with E-state index in [0.29, 0.717) is 17.2 Å². The van der Waals surface area contributed by atoms with Crippen LogP contribution in [-0.4, -0.2) is 24.3 Å². The van der Waals surface area contributed by atoms with E-state index in [-0.39, 0.29) is 12.6 Å². The summed E-state index contributed by atoms with van der Waals surface area (Å²) in [5.41, 5.74) is 6.39. The van der Waals surface area contributed by atoms with E-state index in [2.05, 4.69) is 0 Å². The SMILES string of the molecule is Nc1ccc2sc(C(=O)OCCCCCO)cc2c1. The molecule has 2 aromatic rings. The number of unbranched alkanes of at least 4 members (excludes halogenated alkanes) is 2. The third-order valence-corrected chi connectivity index (χ3v) is 3.87. The first kappa shape index (κ1) is 13.8. The fourth-order valence-corrected chi connectivity index (χ4v) is 2.73. The number of anilines is 1. The lowest BCUT2D eigenvalue weighted by atomic mass is 10.2. The molecule has 0 fully saturated rings. The van der Waals surface area contributed by atoms with Crippen LogP contribution in [-0.2, 0) is 4.74 Å². The summed E-state index contributed by atoms with van der Waals surface area (Å²) in [7, 11) is 0. The van der Waals surface area contributed by atoms with E-state index < -0.39 is 0 Å². The van der Waals surface area contributed by atoms with Crippen LogP contribution in [0.4, 0.5) is 5.69 Å². The van der Waals surface area contributed by atoms with Crippen LogP contribution in [0.2, 0.25) is 0 Å². The normalized spacial score (nSPS) is 10.8. The average molecular weight is 279 g/mol. The van der Waals surface area contributed by atoms with Gasteiger partial charge in [0.15, 0.2) is 0 Å².